The predicted molar refractivity (Wildman–Crippen MR) is 70.6 cm³/mol. The summed E-state index contributed by atoms with van der Waals surface area (Å²) in [6, 6.07) is 0. The fourth-order valence-electron chi connectivity index (χ4n) is 1.65. The summed E-state index contributed by atoms with van der Waals surface area (Å²) in [6.07, 6.45) is 3.57. The molecule has 0 aromatic carbocycles. The third kappa shape index (κ3) is 5.06. The zero-order valence-corrected chi connectivity index (χ0v) is 11.6. The van der Waals surface area contributed by atoms with Gasteiger partial charge in [0.25, 0.3) is 0 Å². The quantitative estimate of drug-likeness (QED) is 0.712. The van der Waals surface area contributed by atoms with Crippen LogP contribution in [0.4, 0.5) is 0 Å². The molecular weight excluding hydrogens is 254 g/mol. The minimum atomic E-state index is -0.725. The zero-order valence-electron chi connectivity index (χ0n) is 10.8. The van der Waals surface area contributed by atoms with Crippen molar-refractivity contribution in [1.82, 2.24) is 14.9 Å². The Morgan fingerprint density at radius 3 is 2.89 bits per heavy atom. The topological polar surface area (TPSA) is 67.2 Å². The van der Waals surface area contributed by atoms with Gasteiger partial charge in [-0.25, -0.2) is 4.98 Å². The Bertz CT molecular complexity index is 393. The molecule has 0 aliphatic rings. The van der Waals surface area contributed by atoms with Crippen molar-refractivity contribution >= 4 is 17.6 Å². The molecule has 0 saturated heterocycles. The standard InChI is InChI=1S/C12H20ClN3O2/c1-9(3-4-12(17)18)5-6-14-8-11-15-7-10(13)16(11)2/h7,9,14H,3-6,8H2,1-2H3,(H,17,18). The van der Waals surface area contributed by atoms with E-state index in [2.05, 4.69) is 17.2 Å². The number of hydrogen-bond donors (Lipinski definition) is 2. The SMILES string of the molecule is CC(CCNCc1ncc(Cl)n1C)CCC(=O)O. The molecule has 1 aromatic rings. The van der Waals surface area contributed by atoms with Crippen LogP contribution in [0, 0.1) is 5.92 Å². The Morgan fingerprint density at radius 1 is 1.61 bits per heavy atom. The van der Waals surface area contributed by atoms with Gasteiger partial charge in [-0.1, -0.05) is 18.5 Å². The average Bonchev–Trinajstić information content (AvgIpc) is 2.63. The predicted octanol–water partition coefficient (Wildman–Crippen LogP) is 2.05. The maximum Gasteiger partial charge on any atom is 0.303 e. The number of carboxylic acid groups (broad SMARTS) is 1. The van der Waals surface area contributed by atoms with Gasteiger partial charge < -0.3 is 15.0 Å². The number of halogens is 1. The summed E-state index contributed by atoms with van der Waals surface area (Å²) in [7, 11) is 1.88. The maximum atomic E-state index is 10.4. The second-order valence-corrected chi connectivity index (χ2v) is 4.95. The summed E-state index contributed by atoms with van der Waals surface area (Å²) in [5, 5.41) is 12.5. The lowest BCUT2D eigenvalue weighted by Crippen LogP contribution is -2.19. The highest BCUT2D eigenvalue weighted by molar-refractivity contribution is 6.29. The number of carboxylic acids is 1. The number of rotatable bonds is 8. The number of imidazole rings is 1. The van der Waals surface area contributed by atoms with Gasteiger partial charge in [0.15, 0.2) is 0 Å². The van der Waals surface area contributed by atoms with Gasteiger partial charge >= 0.3 is 5.97 Å². The Balaban J connectivity index is 2.15. The van der Waals surface area contributed by atoms with Crippen LogP contribution in [0.5, 0.6) is 0 Å². The van der Waals surface area contributed by atoms with Crippen molar-refractivity contribution < 1.29 is 9.90 Å². The van der Waals surface area contributed by atoms with E-state index >= 15 is 0 Å². The van der Waals surface area contributed by atoms with Crippen molar-refractivity contribution in [2.75, 3.05) is 6.54 Å². The summed E-state index contributed by atoms with van der Waals surface area (Å²) in [6.45, 7) is 3.60. The maximum absolute atomic E-state index is 10.4. The first kappa shape index (κ1) is 15.0. The minimum Gasteiger partial charge on any atom is -0.481 e. The van der Waals surface area contributed by atoms with E-state index in [-0.39, 0.29) is 6.42 Å². The van der Waals surface area contributed by atoms with E-state index in [1.54, 1.807) is 6.20 Å². The second-order valence-electron chi connectivity index (χ2n) is 4.56. The molecule has 0 aliphatic carbocycles. The molecule has 6 heteroatoms. The molecule has 1 atom stereocenters. The highest BCUT2D eigenvalue weighted by Crippen LogP contribution is 2.10. The number of carbonyl (C=O) groups is 1. The minimum absolute atomic E-state index is 0.246. The van der Waals surface area contributed by atoms with Crippen LogP contribution in [-0.4, -0.2) is 27.2 Å². The van der Waals surface area contributed by atoms with E-state index in [0.29, 0.717) is 17.6 Å². The number of aliphatic carboxylic acids is 1. The van der Waals surface area contributed by atoms with Crippen molar-refractivity contribution in [2.24, 2.45) is 13.0 Å². The van der Waals surface area contributed by atoms with Gasteiger partial charge in [0.1, 0.15) is 11.0 Å². The molecular formula is C12H20ClN3O2. The molecule has 0 radical (unpaired) electrons. The van der Waals surface area contributed by atoms with Gasteiger partial charge in [-0.2, -0.15) is 0 Å². The molecule has 0 fully saturated rings. The number of aromatic nitrogens is 2. The first-order valence-corrected chi connectivity index (χ1v) is 6.47. The molecule has 0 amide bonds. The Labute approximate surface area is 112 Å². The van der Waals surface area contributed by atoms with Crippen LogP contribution in [0.3, 0.4) is 0 Å². The van der Waals surface area contributed by atoms with E-state index in [1.165, 1.54) is 0 Å². The van der Waals surface area contributed by atoms with Crippen LogP contribution in [0.2, 0.25) is 5.15 Å². The number of nitrogens with zero attached hydrogens (tertiary/aromatic N) is 2. The van der Waals surface area contributed by atoms with Crippen LogP contribution >= 0.6 is 11.6 Å². The van der Waals surface area contributed by atoms with E-state index in [0.717, 1.165) is 25.2 Å². The van der Waals surface area contributed by atoms with Crippen molar-refractivity contribution in [2.45, 2.75) is 32.7 Å². The van der Waals surface area contributed by atoms with E-state index < -0.39 is 5.97 Å². The summed E-state index contributed by atoms with van der Waals surface area (Å²) in [5.74, 6) is 0.592. The highest BCUT2D eigenvalue weighted by Gasteiger charge is 2.06. The Morgan fingerprint density at radius 2 is 2.33 bits per heavy atom. The van der Waals surface area contributed by atoms with Gasteiger partial charge in [-0.15, -0.1) is 0 Å². The lowest BCUT2D eigenvalue weighted by Gasteiger charge is -2.10. The fraction of sp³-hybridized carbons (Fsp3) is 0.667. The molecule has 1 heterocycles. The van der Waals surface area contributed by atoms with Gasteiger partial charge in [0.05, 0.1) is 12.7 Å². The molecule has 1 aromatic heterocycles. The molecule has 0 saturated carbocycles. The molecule has 18 heavy (non-hydrogen) atoms. The van der Waals surface area contributed by atoms with Crippen LogP contribution in [0.15, 0.2) is 6.20 Å². The summed E-state index contributed by atoms with van der Waals surface area (Å²) >= 11 is 5.88. The monoisotopic (exact) mass is 273 g/mol. The van der Waals surface area contributed by atoms with Crippen LogP contribution in [0.1, 0.15) is 32.0 Å². The Kier molecular flexibility index (Phi) is 6.15. The fourth-order valence-corrected chi connectivity index (χ4v) is 1.80. The highest BCUT2D eigenvalue weighted by atomic mass is 35.5. The first-order valence-electron chi connectivity index (χ1n) is 6.09. The molecule has 2 N–H and O–H groups in total. The normalized spacial score (nSPS) is 12.6. The average molecular weight is 274 g/mol. The largest absolute Gasteiger partial charge is 0.481 e. The van der Waals surface area contributed by atoms with Crippen molar-refractivity contribution in [3.8, 4) is 0 Å². The van der Waals surface area contributed by atoms with Crippen molar-refractivity contribution in [1.29, 1.82) is 0 Å². The lowest BCUT2D eigenvalue weighted by atomic mass is 10.0. The van der Waals surface area contributed by atoms with Crippen LogP contribution in [0.25, 0.3) is 0 Å². The molecule has 1 unspecified atom stereocenters. The second kappa shape index (κ2) is 7.38. The van der Waals surface area contributed by atoms with Crippen molar-refractivity contribution in [3.05, 3.63) is 17.2 Å². The molecule has 1 rings (SSSR count). The first-order chi connectivity index (χ1) is 8.50. The van der Waals surface area contributed by atoms with Gasteiger partial charge in [0.2, 0.25) is 0 Å². The molecule has 0 spiro atoms. The summed E-state index contributed by atoms with van der Waals surface area (Å²) in [4.78, 5) is 14.6. The third-order valence-electron chi connectivity index (χ3n) is 2.98. The lowest BCUT2D eigenvalue weighted by molar-refractivity contribution is -0.137. The number of nitrogens with one attached hydrogen (secondary N) is 1. The van der Waals surface area contributed by atoms with Crippen molar-refractivity contribution in [3.63, 3.8) is 0 Å². The molecule has 0 bridgehead atoms. The van der Waals surface area contributed by atoms with Gasteiger partial charge in [-0.3, -0.25) is 4.79 Å². The van der Waals surface area contributed by atoms with Crippen LogP contribution < -0.4 is 5.32 Å². The van der Waals surface area contributed by atoms with E-state index in [4.69, 9.17) is 16.7 Å². The number of hydrogen-bond acceptors (Lipinski definition) is 3. The summed E-state index contributed by atoms with van der Waals surface area (Å²) in [5.41, 5.74) is 0. The Hall–Kier alpha value is -1.07. The van der Waals surface area contributed by atoms with Crippen LogP contribution in [-0.2, 0) is 18.4 Å². The summed E-state index contributed by atoms with van der Waals surface area (Å²) < 4.78 is 1.84. The molecule has 5 nitrogen and oxygen atoms in total. The molecule has 0 aliphatic heterocycles. The van der Waals surface area contributed by atoms with E-state index in [1.807, 2.05) is 11.6 Å². The smallest absolute Gasteiger partial charge is 0.303 e. The zero-order chi connectivity index (χ0) is 13.5. The third-order valence-corrected chi connectivity index (χ3v) is 3.33. The molecule has 102 valence electrons. The van der Waals surface area contributed by atoms with Gasteiger partial charge in [0, 0.05) is 13.5 Å². The van der Waals surface area contributed by atoms with Gasteiger partial charge in [-0.05, 0) is 25.3 Å². The van der Waals surface area contributed by atoms with E-state index in [9.17, 15) is 4.79 Å².